The number of aliphatic hydroxyl groups is 2. The molecule has 0 aromatic rings. The van der Waals surface area contributed by atoms with Gasteiger partial charge in [0.2, 0.25) is 0 Å². The Balaban J connectivity index is 1.32. The van der Waals surface area contributed by atoms with Crippen LogP contribution in [0.25, 0.3) is 0 Å². The van der Waals surface area contributed by atoms with Gasteiger partial charge in [-0.1, -0.05) is 0 Å². The first-order valence-electron chi connectivity index (χ1n) is 11.3. The molecule has 0 unspecified atom stereocenters. The lowest BCUT2D eigenvalue weighted by molar-refractivity contribution is -0.221. The van der Waals surface area contributed by atoms with E-state index in [1.807, 2.05) is 0 Å². The zero-order chi connectivity index (χ0) is 21.5. The van der Waals surface area contributed by atoms with Crippen molar-refractivity contribution in [3.63, 3.8) is 0 Å². The van der Waals surface area contributed by atoms with Crippen LogP contribution in [0, 0.1) is 23.7 Å². The summed E-state index contributed by atoms with van der Waals surface area (Å²) in [6.45, 7) is 2.13. The van der Waals surface area contributed by atoms with Crippen LogP contribution in [0.5, 0.6) is 0 Å². The Hall–Kier alpha value is 0.480. The van der Waals surface area contributed by atoms with Crippen LogP contribution in [-0.2, 0) is 23.7 Å². The zero-order valence-electron chi connectivity index (χ0n) is 17.6. The summed E-state index contributed by atoms with van der Waals surface area (Å²) >= 11 is 5.20. The highest BCUT2D eigenvalue weighted by Gasteiger charge is 2.56. The summed E-state index contributed by atoms with van der Waals surface area (Å²) in [6, 6.07) is 0. The van der Waals surface area contributed by atoms with Gasteiger partial charge in [0.05, 0.1) is 50.5 Å². The number of hydrogen-bond donors (Lipinski definition) is 2. The molecule has 5 aliphatic rings. The molecule has 31 heavy (non-hydrogen) atoms. The Morgan fingerprint density at radius 2 is 1.13 bits per heavy atom. The molecular weight excluding hydrogens is 460 g/mol. The molecule has 0 amide bonds. The van der Waals surface area contributed by atoms with E-state index in [0.717, 1.165) is 24.3 Å². The molecule has 2 spiro atoms. The minimum absolute atomic E-state index is 0.0359. The van der Waals surface area contributed by atoms with Gasteiger partial charge in [-0.05, 0) is 11.5 Å². The molecule has 0 bridgehead atoms. The first kappa shape index (κ1) is 23.2. The van der Waals surface area contributed by atoms with Gasteiger partial charge in [-0.2, -0.15) is 35.3 Å². The Labute approximate surface area is 196 Å². The van der Waals surface area contributed by atoms with Crippen LogP contribution >= 0.6 is 35.3 Å². The number of carbonyl (C=O) groups is 1. The molecule has 0 saturated carbocycles. The summed E-state index contributed by atoms with van der Waals surface area (Å²) < 4.78 is 23.9. The molecule has 5 heterocycles. The summed E-state index contributed by atoms with van der Waals surface area (Å²) in [4.78, 5) is 13.6. The number of ether oxygens (including phenoxy) is 4. The molecule has 5 aliphatic heterocycles. The molecule has 5 saturated heterocycles. The van der Waals surface area contributed by atoms with Gasteiger partial charge in [-0.3, -0.25) is 4.79 Å². The van der Waals surface area contributed by atoms with Crippen molar-refractivity contribution < 1.29 is 34.0 Å². The Bertz CT molecular complexity index is 601. The lowest BCUT2D eigenvalue weighted by Gasteiger charge is -2.46. The van der Waals surface area contributed by atoms with Crippen LogP contribution in [0.15, 0.2) is 0 Å². The smallest absolute Gasteiger partial charge is 0.175 e. The van der Waals surface area contributed by atoms with Gasteiger partial charge >= 0.3 is 0 Å². The fourth-order valence-electron chi connectivity index (χ4n) is 5.71. The number of thioether (sulfide) groups is 3. The maximum Gasteiger partial charge on any atom is 0.175 e. The molecule has 0 aromatic carbocycles. The highest BCUT2D eigenvalue weighted by molar-refractivity contribution is 7.99. The highest BCUT2D eigenvalue weighted by atomic mass is 32.2. The summed E-state index contributed by atoms with van der Waals surface area (Å²) in [5, 5.41) is 22.7. The second-order valence-corrected chi connectivity index (χ2v) is 12.4. The van der Waals surface area contributed by atoms with Gasteiger partial charge in [0.1, 0.15) is 5.78 Å². The van der Waals surface area contributed by atoms with E-state index in [1.165, 1.54) is 0 Å². The fraction of sp³-hybridized carbons (Fsp3) is 0.952. The van der Waals surface area contributed by atoms with E-state index in [2.05, 4.69) is 0 Å². The van der Waals surface area contributed by atoms with Crippen LogP contribution in [0.1, 0.15) is 12.8 Å². The average Bonchev–Trinajstić information content (AvgIpc) is 3.44. The largest absolute Gasteiger partial charge is 0.392 e. The standard InChI is InChI=1S/C21H32O7S3/c22-17-13(18(23)15-11-29-7-1-20(15)25-3-4-26-20)9-31-10-14(17)19(24)16-12-30-8-2-21(16)27-5-6-28-21/h13-16,18-19,23-24H,1-12H2/t13-,14-,15+,16+,18-,19-/m1/s1. The summed E-state index contributed by atoms with van der Waals surface area (Å²) in [7, 11) is 0. The molecule has 5 rings (SSSR count). The van der Waals surface area contributed by atoms with E-state index in [-0.39, 0.29) is 17.6 Å². The van der Waals surface area contributed by atoms with E-state index in [0.29, 0.717) is 49.4 Å². The molecule has 2 N–H and O–H groups in total. The third kappa shape index (κ3) is 4.23. The van der Waals surface area contributed by atoms with Crippen LogP contribution in [-0.4, -0.2) is 101 Å². The van der Waals surface area contributed by atoms with Gasteiger partial charge in [0.15, 0.2) is 11.6 Å². The van der Waals surface area contributed by atoms with Gasteiger partial charge in [0, 0.05) is 47.7 Å². The monoisotopic (exact) mass is 492 g/mol. The lowest BCUT2D eigenvalue weighted by atomic mass is 9.76. The van der Waals surface area contributed by atoms with Crippen LogP contribution in [0.3, 0.4) is 0 Å². The predicted molar refractivity (Wildman–Crippen MR) is 121 cm³/mol. The number of ketones is 1. The van der Waals surface area contributed by atoms with Gasteiger partial charge < -0.3 is 29.2 Å². The second kappa shape index (κ2) is 9.62. The Morgan fingerprint density at radius 3 is 1.55 bits per heavy atom. The van der Waals surface area contributed by atoms with Crippen molar-refractivity contribution in [1.29, 1.82) is 0 Å². The molecule has 10 heteroatoms. The molecule has 0 radical (unpaired) electrons. The molecule has 6 atom stereocenters. The maximum absolute atomic E-state index is 13.6. The van der Waals surface area contributed by atoms with E-state index in [4.69, 9.17) is 18.9 Å². The van der Waals surface area contributed by atoms with Crippen molar-refractivity contribution in [2.24, 2.45) is 23.7 Å². The normalized spacial score (nSPS) is 39.7. The average molecular weight is 493 g/mol. The molecule has 7 nitrogen and oxygen atoms in total. The summed E-state index contributed by atoms with van der Waals surface area (Å²) in [6.07, 6.45) is -0.212. The first-order valence-corrected chi connectivity index (χ1v) is 14.7. The topological polar surface area (TPSA) is 94.5 Å². The van der Waals surface area contributed by atoms with Crippen molar-refractivity contribution in [2.45, 2.75) is 36.6 Å². The van der Waals surface area contributed by atoms with Crippen molar-refractivity contribution >= 4 is 41.1 Å². The molecule has 176 valence electrons. The van der Waals surface area contributed by atoms with Gasteiger partial charge in [-0.15, -0.1) is 0 Å². The first-order chi connectivity index (χ1) is 15.1. The molecule has 0 aliphatic carbocycles. The van der Waals surface area contributed by atoms with E-state index >= 15 is 0 Å². The highest BCUT2D eigenvalue weighted by Crippen LogP contribution is 2.46. The summed E-state index contributed by atoms with van der Waals surface area (Å²) in [5.74, 6) is 1.33. The lowest BCUT2D eigenvalue weighted by Crippen LogP contribution is -2.57. The minimum Gasteiger partial charge on any atom is -0.392 e. The molecular formula is C21H32O7S3. The number of aliphatic hydroxyl groups excluding tert-OH is 2. The van der Waals surface area contributed by atoms with Crippen LogP contribution in [0.4, 0.5) is 0 Å². The van der Waals surface area contributed by atoms with Crippen LogP contribution in [0.2, 0.25) is 0 Å². The maximum atomic E-state index is 13.6. The van der Waals surface area contributed by atoms with Gasteiger partial charge in [-0.25, -0.2) is 0 Å². The predicted octanol–water partition coefficient (Wildman–Crippen LogP) is 1.25. The van der Waals surface area contributed by atoms with Crippen molar-refractivity contribution in [1.82, 2.24) is 0 Å². The Kier molecular flexibility index (Phi) is 7.21. The number of rotatable bonds is 4. The van der Waals surface area contributed by atoms with E-state index in [1.54, 1.807) is 35.3 Å². The van der Waals surface area contributed by atoms with Crippen molar-refractivity contribution in [2.75, 3.05) is 60.9 Å². The third-order valence-electron chi connectivity index (χ3n) is 7.44. The SMILES string of the molecule is O=C1[C@H]([C@@H](O)[C@@H]2CSCCC23OCCO3)CSC[C@H]1[C@@H](O)[C@@H]1CSCCC12OCCO2. The fourth-order valence-corrected chi connectivity index (χ4v) is 9.67. The molecule has 5 fully saturated rings. The second-order valence-electron chi connectivity index (χ2n) is 9.01. The van der Waals surface area contributed by atoms with Crippen LogP contribution < -0.4 is 0 Å². The van der Waals surface area contributed by atoms with Crippen molar-refractivity contribution in [3.05, 3.63) is 0 Å². The quantitative estimate of drug-likeness (QED) is 0.597. The zero-order valence-corrected chi connectivity index (χ0v) is 20.1. The van der Waals surface area contributed by atoms with Gasteiger partial charge in [0.25, 0.3) is 0 Å². The van der Waals surface area contributed by atoms with E-state index in [9.17, 15) is 15.0 Å². The van der Waals surface area contributed by atoms with E-state index < -0.39 is 35.6 Å². The van der Waals surface area contributed by atoms with Crippen molar-refractivity contribution in [3.8, 4) is 0 Å². The molecule has 0 aromatic heterocycles. The number of Topliss-reactive ketones (excluding diaryl/α,β-unsaturated/α-hetero) is 1. The minimum atomic E-state index is -0.838. The third-order valence-corrected chi connectivity index (χ3v) is 10.8. The number of hydrogen-bond acceptors (Lipinski definition) is 10. The Morgan fingerprint density at radius 1 is 0.710 bits per heavy atom. The summed E-state index contributed by atoms with van der Waals surface area (Å²) in [5.41, 5.74) is 0. The number of carbonyl (C=O) groups excluding carboxylic acids is 1.